The average Bonchev–Trinajstić information content (AvgIpc) is 2.97. The zero-order valence-corrected chi connectivity index (χ0v) is 13.3. The Morgan fingerprint density at radius 2 is 1.95 bits per heavy atom. The molecule has 0 atom stereocenters. The predicted octanol–water partition coefficient (Wildman–Crippen LogP) is 2.99. The number of halogens is 1. The molecule has 1 aliphatic carbocycles. The number of amides is 2. The summed E-state index contributed by atoms with van der Waals surface area (Å²) in [5.74, 6) is -0.974. The van der Waals surface area contributed by atoms with E-state index in [1.807, 2.05) is 24.3 Å². The molecular weight excluding hydrogens is 336 g/mol. The summed E-state index contributed by atoms with van der Waals surface area (Å²) >= 11 is 3.43. The van der Waals surface area contributed by atoms with Crippen LogP contribution in [0.2, 0.25) is 0 Å². The SMILES string of the molecule is O=C(O)CN(C(=O)NCc1ccccc1Br)C1CCCC1. The van der Waals surface area contributed by atoms with Crippen molar-refractivity contribution in [3.8, 4) is 0 Å². The molecule has 6 heteroatoms. The molecule has 2 amide bonds. The normalized spacial score (nSPS) is 14.9. The van der Waals surface area contributed by atoms with Crippen molar-refractivity contribution < 1.29 is 14.7 Å². The fraction of sp³-hybridized carbons (Fsp3) is 0.467. The summed E-state index contributed by atoms with van der Waals surface area (Å²) in [5, 5.41) is 11.8. The number of carboxylic acids is 1. The van der Waals surface area contributed by atoms with Gasteiger partial charge in [-0.15, -0.1) is 0 Å². The number of nitrogens with zero attached hydrogens (tertiary/aromatic N) is 1. The maximum Gasteiger partial charge on any atom is 0.323 e. The second kappa shape index (κ2) is 7.45. The van der Waals surface area contributed by atoms with Crippen LogP contribution < -0.4 is 5.32 Å². The van der Waals surface area contributed by atoms with Crippen LogP contribution in [0.3, 0.4) is 0 Å². The van der Waals surface area contributed by atoms with Crippen LogP contribution >= 0.6 is 15.9 Å². The predicted molar refractivity (Wildman–Crippen MR) is 83.0 cm³/mol. The van der Waals surface area contributed by atoms with Crippen LogP contribution in [-0.4, -0.2) is 34.6 Å². The van der Waals surface area contributed by atoms with Gasteiger partial charge in [0.2, 0.25) is 0 Å². The molecule has 0 saturated heterocycles. The highest BCUT2D eigenvalue weighted by molar-refractivity contribution is 9.10. The Balaban J connectivity index is 1.97. The molecule has 0 unspecified atom stereocenters. The smallest absolute Gasteiger partial charge is 0.323 e. The molecule has 0 aromatic heterocycles. The van der Waals surface area contributed by atoms with E-state index < -0.39 is 5.97 Å². The van der Waals surface area contributed by atoms with E-state index in [9.17, 15) is 9.59 Å². The molecule has 1 aromatic carbocycles. The topological polar surface area (TPSA) is 69.6 Å². The van der Waals surface area contributed by atoms with Crippen LogP contribution in [0.5, 0.6) is 0 Å². The minimum Gasteiger partial charge on any atom is -0.480 e. The van der Waals surface area contributed by atoms with Gasteiger partial charge >= 0.3 is 12.0 Å². The standard InChI is InChI=1S/C15H19BrN2O3/c16-13-8-4-1-5-11(13)9-17-15(21)18(10-14(19)20)12-6-2-3-7-12/h1,4-5,8,12H,2-3,6-7,9-10H2,(H,17,21)(H,19,20). The third-order valence-electron chi connectivity index (χ3n) is 3.72. The van der Waals surface area contributed by atoms with Crippen molar-refractivity contribution in [3.05, 3.63) is 34.3 Å². The zero-order valence-electron chi connectivity index (χ0n) is 11.7. The van der Waals surface area contributed by atoms with Crippen molar-refractivity contribution in [3.63, 3.8) is 0 Å². The molecule has 0 bridgehead atoms. The Kier molecular flexibility index (Phi) is 5.61. The molecule has 0 spiro atoms. The van der Waals surface area contributed by atoms with Crippen LogP contribution in [0.1, 0.15) is 31.2 Å². The van der Waals surface area contributed by atoms with E-state index >= 15 is 0 Å². The maximum atomic E-state index is 12.3. The molecule has 0 heterocycles. The lowest BCUT2D eigenvalue weighted by atomic mass is 10.2. The number of benzene rings is 1. The van der Waals surface area contributed by atoms with Crippen molar-refractivity contribution in [2.24, 2.45) is 0 Å². The summed E-state index contributed by atoms with van der Waals surface area (Å²) in [6, 6.07) is 7.37. The molecule has 1 fully saturated rings. The highest BCUT2D eigenvalue weighted by Gasteiger charge is 2.28. The first-order valence-electron chi connectivity index (χ1n) is 7.07. The minimum atomic E-state index is -0.974. The Labute approximate surface area is 132 Å². The van der Waals surface area contributed by atoms with Crippen LogP contribution in [0, 0.1) is 0 Å². The van der Waals surface area contributed by atoms with E-state index in [1.165, 1.54) is 4.90 Å². The van der Waals surface area contributed by atoms with Crippen LogP contribution in [-0.2, 0) is 11.3 Å². The molecule has 1 aliphatic rings. The third kappa shape index (κ3) is 4.46. The van der Waals surface area contributed by atoms with Gasteiger partial charge in [0.25, 0.3) is 0 Å². The largest absolute Gasteiger partial charge is 0.480 e. The van der Waals surface area contributed by atoms with Crippen LogP contribution in [0.15, 0.2) is 28.7 Å². The first kappa shape index (κ1) is 15.8. The van der Waals surface area contributed by atoms with E-state index in [-0.39, 0.29) is 18.6 Å². The van der Waals surface area contributed by atoms with Gasteiger partial charge in [-0.05, 0) is 24.5 Å². The number of hydrogen-bond donors (Lipinski definition) is 2. The Morgan fingerprint density at radius 3 is 2.57 bits per heavy atom. The summed E-state index contributed by atoms with van der Waals surface area (Å²) in [6.07, 6.45) is 3.88. The molecule has 5 nitrogen and oxygen atoms in total. The monoisotopic (exact) mass is 354 g/mol. The molecule has 2 rings (SSSR count). The first-order valence-corrected chi connectivity index (χ1v) is 7.87. The number of carboxylic acid groups (broad SMARTS) is 1. The van der Waals surface area contributed by atoms with Crippen molar-refractivity contribution in [2.75, 3.05) is 6.54 Å². The molecular formula is C15H19BrN2O3. The zero-order chi connectivity index (χ0) is 15.2. The summed E-state index contributed by atoms with van der Waals surface area (Å²) in [5.41, 5.74) is 0.965. The van der Waals surface area contributed by atoms with Gasteiger partial charge in [0.05, 0.1) is 0 Å². The third-order valence-corrected chi connectivity index (χ3v) is 4.49. The number of nitrogens with one attached hydrogen (secondary N) is 1. The number of carbonyl (C=O) groups is 2. The lowest BCUT2D eigenvalue weighted by molar-refractivity contribution is -0.138. The van der Waals surface area contributed by atoms with Crippen molar-refractivity contribution in [1.29, 1.82) is 0 Å². The fourth-order valence-electron chi connectivity index (χ4n) is 2.64. The number of carbonyl (C=O) groups excluding carboxylic acids is 1. The number of urea groups is 1. The maximum absolute atomic E-state index is 12.3. The second-order valence-corrected chi connectivity index (χ2v) is 6.06. The number of rotatable bonds is 5. The van der Waals surface area contributed by atoms with Crippen molar-refractivity contribution in [2.45, 2.75) is 38.3 Å². The number of hydrogen-bond acceptors (Lipinski definition) is 2. The highest BCUT2D eigenvalue weighted by atomic mass is 79.9. The van der Waals surface area contributed by atoms with Gasteiger partial charge in [-0.2, -0.15) is 0 Å². The van der Waals surface area contributed by atoms with Gasteiger partial charge in [-0.3, -0.25) is 4.79 Å². The average molecular weight is 355 g/mol. The quantitative estimate of drug-likeness (QED) is 0.853. The van der Waals surface area contributed by atoms with Gasteiger partial charge in [-0.25, -0.2) is 4.79 Å². The van der Waals surface area contributed by atoms with E-state index in [4.69, 9.17) is 5.11 Å². The van der Waals surface area contributed by atoms with Gasteiger partial charge < -0.3 is 15.3 Å². The van der Waals surface area contributed by atoms with E-state index in [0.29, 0.717) is 6.54 Å². The molecule has 0 radical (unpaired) electrons. The summed E-state index contributed by atoms with van der Waals surface area (Å²) in [6.45, 7) is 0.134. The van der Waals surface area contributed by atoms with Crippen LogP contribution in [0.4, 0.5) is 4.79 Å². The van der Waals surface area contributed by atoms with Gasteiger partial charge in [0.15, 0.2) is 0 Å². The fourth-order valence-corrected chi connectivity index (χ4v) is 3.07. The van der Waals surface area contributed by atoms with Gasteiger partial charge in [-0.1, -0.05) is 47.0 Å². The Morgan fingerprint density at radius 1 is 1.29 bits per heavy atom. The summed E-state index contributed by atoms with van der Waals surface area (Å²) in [4.78, 5) is 24.7. The van der Waals surface area contributed by atoms with E-state index in [1.54, 1.807) is 0 Å². The molecule has 2 N–H and O–H groups in total. The highest BCUT2D eigenvalue weighted by Crippen LogP contribution is 2.23. The molecule has 1 aromatic rings. The van der Waals surface area contributed by atoms with E-state index in [2.05, 4.69) is 21.2 Å². The first-order chi connectivity index (χ1) is 10.1. The Hall–Kier alpha value is -1.56. The van der Waals surface area contributed by atoms with Crippen molar-refractivity contribution in [1.82, 2.24) is 10.2 Å². The Bertz CT molecular complexity index is 515. The summed E-state index contributed by atoms with van der Waals surface area (Å²) in [7, 11) is 0. The number of aliphatic carboxylic acids is 1. The van der Waals surface area contributed by atoms with Crippen LogP contribution in [0.25, 0.3) is 0 Å². The second-order valence-electron chi connectivity index (χ2n) is 5.21. The van der Waals surface area contributed by atoms with Gasteiger partial charge in [0.1, 0.15) is 6.54 Å². The molecule has 0 aliphatic heterocycles. The van der Waals surface area contributed by atoms with E-state index in [0.717, 1.165) is 35.7 Å². The summed E-state index contributed by atoms with van der Waals surface area (Å²) < 4.78 is 0.927. The lowest BCUT2D eigenvalue weighted by Crippen LogP contribution is -2.47. The van der Waals surface area contributed by atoms with Crippen molar-refractivity contribution >= 4 is 27.9 Å². The molecule has 21 heavy (non-hydrogen) atoms. The minimum absolute atomic E-state index is 0.0420. The lowest BCUT2D eigenvalue weighted by Gasteiger charge is -2.27. The molecule has 114 valence electrons. The molecule has 1 saturated carbocycles. The van der Waals surface area contributed by atoms with Gasteiger partial charge in [0, 0.05) is 17.1 Å².